The number of aromatic nitrogens is 1. The number of esters is 1. The van der Waals surface area contributed by atoms with Crippen LogP contribution in [-0.2, 0) is 19.1 Å². The van der Waals surface area contributed by atoms with Crippen molar-refractivity contribution in [2.75, 3.05) is 0 Å². The fourth-order valence-electron chi connectivity index (χ4n) is 1.73. The first-order chi connectivity index (χ1) is 9.29. The van der Waals surface area contributed by atoms with Crippen LogP contribution in [0.25, 0.3) is 0 Å². The van der Waals surface area contributed by atoms with Crippen LogP contribution >= 0.6 is 0 Å². The van der Waals surface area contributed by atoms with Gasteiger partial charge >= 0.3 is 5.97 Å². The van der Waals surface area contributed by atoms with Gasteiger partial charge in [0.15, 0.2) is 11.6 Å². The summed E-state index contributed by atoms with van der Waals surface area (Å²) in [5.41, 5.74) is -1.96. The highest BCUT2D eigenvalue weighted by Crippen LogP contribution is 2.22. The minimum Gasteiger partial charge on any atom is -0.439 e. The van der Waals surface area contributed by atoms with E-state index in [1.807, 2.05) is 0 Å². The van der Waals surface area contributed by atoms with E-state index in [0.717, 1.165) is 13.8 Å². The minimum atomic E-state index is -2.06. The maximum Gasteiger partial charge on any atom is 0.341 e. The van der Waals surface area contributed by atoms with Crippen LogP contribution in [0.3, 0.4) is 0 Å². The van der Waals surface area contributed by atoms with Gasteiger partial charge in [-0.25, -0.2) is 4.79 Å². The second-order valence-corrected chi connectivity index (χ2v) is 4.45. The first kappa shape index (κ1) is 15.7. The zero-order valence-electron chi connectivity index (χ0n) is 11.5. The van der Waals surface area contributed by atoms with Crippen LogP contribution in [0.4, 0.5) is 0 Å². The molecule has 106 valence electrons. The van der Waals surface area contributed by atoms with Crippen molar-refractivity contribution < 1.29 is 23.9 Å². The monoisotopic (exact) mass is 277 g/mol. The standard InChI is InChI=1S/C14H15NO5/c1-9(16)7-14(10(2)17,11(3)18)20-13(19)12-5-4-6-15-8-12/h4-6,8H,7H2,1-3H3. The molecule has 0 spiro atoms. The van der Waals surface area contributed by atoms with E-state index in [9.17, 15) is 19.2 Å². The summed E-state index contributed by atoms with van der Waals surface area (Å²) in [6.45, 7) is 3.44. The van der Waals surface area contributed by atoms with Gasteiger partial charge in [0, 0.05) is 12.4 Å². The molecule has 0 aliphatic carbocycles. The van der Waals surface area contributed by atoms with Gasteiger partial charge in [-0.1, -0.05) is 0 Å². The first-order valence-electron chi connectivity index (χ1n) is 5.94. The van der Waals surface area contributed by atoms with E-state index < -0.39 is 35.3 Å². The molecular weight excluding hydrogens is 262 g/mol. The molecule has 0 bridgehead atoms. The number of carbonyl (C=O) groups excluding carboxylic acids is 4. The molecule has 0 N–H and O–H groups in total. The first-order valence-corrected chi connectivity index (χ1v) is 5.94. The summed E-state index contributed by atoms with van der Waals surface area (Å²) in [4.78, 5) is 50.5. The Kier molecular flexibility index (Phi) is 4.85. The van der Waals surface area contributed by atoms with Crippen molar-refractivity contribution in [3.8, 4) is 0 Å². The third kappa shape index (κ3) is 3.34. The number of Topliss-reactive ketones (excluding diaryl/α,β-unsaturated/α-hetero) is 3. The SMILES string of the molecule is CC(=O)CC(OC(=O)c1cccnc1)(C(C)=O)C(C)=O. The maximum absolute atomic E-state index is 12.0. The van der Waals surface area contributed by atoms with Gasteiger partial charge in [-0.2, -0.15) is 0 Å². The molecule has 6 heteroatoms. The second kappa shape index (κ2) is 6.18. The molecule has 1 aromatic heterocycles. The van der Waals surface area contributed by atoms with Crippen LogP contribution in [0.1, 0.15) is 37.6 Å². The normalized spacial score (nSPS) is 10.8. The second-order valence-electron chi connectivity index (χ2n) is 4.45. The van der Waals surface area contributed by atoms with Gasteiger partial charge < -0.3 is 4.74 Å². The number of carbonyl (C=O) groups is 4. The Balaban J connectivity index is 3.13. The Hall–Kier alpha value is -2.37. The average Bonchev–Trinajstić information content (AvgIpc) is 2.37. The fraction of sp³-hybridized carbons (Fsp3) is 0.357. The molecule has 0 aromatic carbocycles. The van der Waals surface area contributed by atoms with Crippen molar-refractivity contribution >= 4 is 23.3 Å². The van der Waals surface area contributed by atoms with E-state index >= 15 is 0 Å². The Morgan fingerprint density at radius 3 is 2.15 bits per heavy atom. The highest BCUT2D eigenvalue weighted by molar-refractivity contribution is 6.13. The molecule has 20 heavy (non-hydrogen) atoms. The van der Waals surface area contributed by atoms with Crippen LogP contribution in [0.5, 0.6) is 0 Å². The summed E-state index contributed by atoms with van der Waals surface area (Å²) >= 11 is 0. The molecule has 6 nitrogen and oxygen atoms in total. The van der Waals surface area contributed by atoms with Gasteiger partial charge in [0.1, 0.15) is 5.78 Å². The van der Waals surface area contributed by atoms with Crippen LogP contribution in [0, 0.1) is 0 Å². The quantitative estimate of drug-likeness (QED) is 0.572. The highest BCUT2D eigenvalue weighted by Gasteiger charge is 2.45. The Morgan fingerprint density at radius 1 is 1.15 bits per heavy atom. The van der Waals surface area contributed by atoms with Crippen LogP contribution in [-0.4, -0.2) is 33.9 Å². The molecule has 1 aromatic rings. The molecule has 0 aliphatic heterocycles. The van der Waals surface area contributed by atoms with Crippen molar-refractivity contribution in [3.05, 3.63) is 30.1 Å². The van der Waals surface area contributed by atoms with E-state index in [1.54, 1.807) is 0 Å². The van der Waals surface area contributed by atoms with Gasteiger partial charge in [0.25, 0.3) is 0 Å². The van der Waals surface area contributed by atoms with Crippen LogP contribution in [0.2, 0.25) is 0 Å². The highest BCUT2D eigenvalue weighted by atomic mass is 16.6. The lowest BCUT2D eigenvalue weighted by atomic mass is 9.89. The summed E-state index contributed by atoms with van der Waals surface area (Å²) in [7, 11) is 0. The Morgan fingerprint density at radius 2 is 1.75 bits per heavy atom. The zero-order chi connectivity index (χ0) is 15.3. The van der Waals surface area contributed by atoms with E-state index in [4.69, 9.17) is 4.74 Å². The molecule has 0 unspecified atom stereocenters. The number of hydrogen-bond donors (Lipinski definition) is 0. The molecule has 1 heterocycles. The van der Waals surface area contributed by atoms with E-state index in [-0.39, 0.29) is 5.56 Å². The molecule has 0 amide bonds. The van der Waals surface area contributed by atoms with Crippen LogP contribution in [0.15, 0.2) is 24.5 Å². The van der Waals surface area contributed by atoms with Crippen molar-refractivity contribution in [1.29, 1.82) is 0 Å². The third-order valence-corrected chi connectivity index (χ3v) is 2.80. The zero-order valence-corrected chi connectivity index (χ0v) is 11.5. The molecule has 0 saturated carbocycles. The van der Waals surface area contributed by atoms with E-state index in [2.05, 4.69) is 4.98 Å². The van der Waals surface area contributed by atoms with Gasteiger partial charge in [0.2, 0.25) is 5.60 Å². The number of nitrogens with zero attached hydrogens (tertiary/aromatic N) is 1. The van der Waals surface area contributed by atoms with Crippen LogP contribution < -0.4 is 0 Å². The van der Waals surface area contributed by atoms with E-state index in [1.165, 1.54) is 31.5 Å². The summed E-state index contributed by atoms with van der Waals surface area (Å²) < 4.78 is 5.06. The fourth-order valence-corrected chi connectivity index (χ4v) is 1.73. The van der Waals surface area contributed by atoms with Crippen molar-refractivity contribution in [1.82, 2.24) is 4.98 Å². The lowest BCUT2D eigenvalue weighted by Crippen LogP contribution is -2.49. The van der Waals surface area contributed by atoms with Crippen molar-refractivity contribution in [2.45, 2.75) is 32.8 Å². The number of hydrogen-bond acceptors (Lipinski definition) is 6. The number of ether oxygens (including phenoxy) is 1. The molecule has 1 rings (SSSR count). The summed E-state index contributed by atoms with van der Waals surface area (Å²) in [5.74, 6) is -2.66. The largest absolute Gasteiger partial charge is 0.439 e. The smallest absolute Gasteiger partial charge is 0.341 e. The lowest BCUT2D eigenvalue weighted by molar-refractivity contribution is -0.152. The predicted octanol–water partition coefficient (Wildman–Crippen LogP) is 1.13. The topological polar surface area (TPSA) is 90.4 Å². The van der Waals surface area contributed by atoms with Gasteiger partial charge in [-0.3, -0.25) is 19.4 Å². The van der Waals surface area contributed by atoms with Gasteiger partial charge in [0.05, 0.1) is 12.0 Å². The summed E-state index contributed by atoms with van der Waals surface area (Å²) in [6.07, 6.45) is 2.25. The Bertz CT molecular complexity index is 536. The lowest BCUT2D eigenvalue weighted by Gasteiger charge is -2.27. The third-order valence-electron chi connectivity index (χ3n) is 2.80. The minimum absolute atomic E-state index is 0.0999. The van der Waals surface area contributed by atoms with Crippen molar-refractivity contribution in [3.63, 3.8) is 0 Å². The number of ketones is 3. The predicted molar refractivity (Wildman–Crippen MR) is 69.0 cm³/mol. The van der Waals surface area contributed by atoms with Gasteiger partial charge in [-0.15, -0.1) is 0 Å². The molecule has 0 fully saturated rings. The molecule has 0 radical (unpaired) electrons. The number of rotatable bonds is 6. The molecule has 0 saturated heterocycles. The molecular formula is C14H15NO5. The summed E-state index contributed by atoms with van der Waals surface area (Å²) in [6, 6.07) is 2.96. The molecule has 0 atom stereocenters. The molecule has 0 aliphatic rings. The van der Waals surface area contributed by atoms with E-state index in [0.29, 0.717) is 0 Å². The average molecular weight is 277 g/mol. The maximum atomic E-state index is 12.0. The number of pyridine rings is 1. The Labute approximate surface area is 116 Å². The van der Waals surface area contributed by atoms with Gasteiger partial charge in [-0.05, 0) is 32.9 Å². The summed E-state index contributed by atoms with van der Waals surface area (Å²) in [5, 5.41) is 0. The van der Waals surface area contributed by atoms with Crippen molar-refractivity contribution in [2.24, 2.45) is 0 Å².